The minimum absolute atomic E-state index is 0.217. The quantitative estimate of drug-likeness (QED) is 0.755. The molecule has 0 bridgehead atoms. The molecule has 1 aromatic rings. The molecule has 0 aromatic carbocycles. The number of hydrogen-bond acceptors (Lipinski definition) is 4. The smallest absolute Gasteiger partial charge is 0.239 e. The van der Waals surface area contributed by atoms with Crippen molar-refractivity contribution in [1.29, 1.82) is 0 Å². The van der Waals surface area contributed by atoms with Crippen molar-refractivity contribution in [3.8, 4) is 0 Å². The molecule has 2 aliphatic rings. The molecular weight excluding hydrogens is 242 g/mol. The maximum Gasteiger partial charge on any atom is 0.239 e. The number of nitrogens with two attached hydrogens (primary N) is 1. The summed E-state index contributed by atoms with van der Waals surface area (Å²) in [7, 11) is 0. The van der Waals surface area contributed by atoms with Gasteiger partial charge in [-0.2, -0.15) is 4.98 Å². The Hall–Kier alpha value is -1.59. The van der Waals surface area contributed by atoms with Gasteiger partial charge in [-0.05, 0) is 24.7 Å². The number of carbonyl (C=O) groups excluding carboxylic acids is 1. The lowest BCUT2D eigenvalue weighted by atomic mass is 9.84. The Labute approximate surface area is 112 Å². The summed E-state index contributed by atoms with van der Waals surface area (Å²) in [5, 5.41) is 9.51. The van der Waals surface area contributed by atoms with Crippen LogP contribution in [0.25, 0.3) is 0 Å². The molecule has 1 amide bonds. The molecule has 0 aliphatic heterocycles. The van der Waals surface area contributed by atoms with Gasteiger partial charge in [0.1, 0.15) is 5.82 Å². The van der Waals surface area contributed by atoms with Gasteiger partial charge in [-0.25, -0.2) is 0 Å². The molecule has 1 spiro atoms. The first-order valence-corrected chi connectivity index (χ1v) is 7.14. The second kappa shape index (κ2) is 4.83. The molecule has 2 fully saturated rings. The van der Waals surface area contributed by atoms with E-state index in [2.05, 4.69) is 20.5 Å². The van der Waals surface area contributed by atoms with E-state index >= 15 is 0 Å². The highest BCUT2D eigenvalue weighted by Gasteiger charge is 2.57. The number of H-pyrrole nitrogens is 1. The summed E-state index contributed by atoms with van der Waals surface area (Å²) in [4.78, 5) is 16.1. The highest BCUT2D eigenvalue weighted by Crippen LogP contribution is 2.61. The Balaban J connectivity index is 1.43. The van der Waals surface area contributed by atoms with Crippen LogP contribution in [0.4, 0.5) is 5.95 Å². The Kier molecular flexibility index (Phi) is 3.16. The monoisotopic (exact) mass is 263 g/mol. The number of aromatic nitrogens is 3. The van der Waals surface area contributed by atoms with E-state index in [0.29, 0.717) is 18.4 Å². The molecular formula is C13H21N5O. The fourth-order valence-corrected chi connectivity index (χ4v) is 3.38. The van der Waals surface area contributed by atoms with Gasteiger partial charge in [-0.1, -0.05) is 19.3 Å². The molecule has 1 heterocycles. The van der Waals surface area contributed by atoms with Crippen molar-refractivity contribution in [2.45, 2.75) is 44.9 Å². The number of nitrogens with zero attached hydrogens (tertiary/aromatic N) is 2. The number of anilines is 1. The Morgan fingerprint density at radius 2 is 2.21 bits per heavy atom. The first-order chi connectivity index (χ1) is 9.20. The summed E-state index contributed by atoms with van der Waals surface area (Å²) < 4.78 is 0. The number of nitrogens with one attached hydrogen (secondary N) is 2. The molecule has 4 N–H and O–H groups in total. The number of hydrogen-bond donors (Lipinski definition) is 3. The lowest BCUT2D eigenvalue weighted by Crippen LogP contribution is -2.30. The lowest BCUT2D eigenvalue weighted by molar-refractivity contribution is -0.123. The van der Waals surface area contributed by atoms with E-state index < -0.39 is 0 Å². The highest BCUT2D eigenvalue weighted by molar-refractivity contribution is 5.82. The van der Waals surface area contributed by atoms with E-state index in [-0.39, 0.29) is 17.8 Å². The summed E-state index contributed by atoms with van der Waals surface area (Å²) in [5.41, 5.74) is 5.78. The first-order valence-electron chi connectivity index (χ1n) is 7.14. The van der Waals surface area contributed by atoms with Gasteiger partial charge in [0.15, 0.2) is 0 Å². The van der Waals surface area contributed by atoms with Crippen LogP contribution in [0.3, 0.4) is 0 Å². The molecule has 1 atom stereocenters. The Morgan fingerprint density at radius 1 is 1.42 bits per heavy atom. The van der Waals surface area contributed by atoms with E-state index in [1.165, 1.54) is 32.1 Å². The molecule has 0 saturated heterocycles. The number of carbonyl (C=O) groups is 1. The van der Waals surface area contributed by atoms with E-state index in [0.717, 1.165) is 12.2 Å². The average Bonchev–Trinajstić information content (AvgIpc) is 2.93. The molecule has 6 nitrogen and oxygen atoms in total. The van der Waals surface area contributed by atoms with Gasteiger partial charge in [-0.3, -0.25) is 9.89 Å². The Morgan fingerprint density at radius 3 is 2.89 bits per heavy atom. The minimum atomic E-state index is 0.217. The minimum Gasteiger partial charge on any atom is -0.367 e. The van der Waals surface area contributed by atoms with Crippen LogP contribution in [0.5, 0.6) is 0 Å². The van der Waals surface area contributed by atoms with E-state index in [9.17, 15) is 4.79 Å². The summed E-state index contributed by atoms with van der Waals surface area (Å²) in [6.45, 7) is 0.597. The summed E-state index contributed by atoms with van der Waals surface area (Å²) in [5.74, 6) is 1.45. The molecule has 2 aliphatic carbocycles. The number of amides is 1. The van der Waals surface area contributed by atoms with Crippen molar-refractivity contribution < 1.29 is 4.79 Å². The van der Waals surface area contributed by atoms with Crippen molar-refractivity contribution in [3.63, 3.8) is 0 Å². The van der Waals surface area contributed by atoms with Crippen molar-refractivity contribution in [2.75, 3.05) is 12.3 Å². The van der Waals surface area contributed by atoms with Crippen molar-refractivity contribution >= 4 is 11.9 Å². The van der Waals surface area contributed by atoms with Crippen LogP contribution in [0.2, 0.25) is 0 Å². The zero-order valence-corrected chi connectivity index (χ0v) is 11.1. The second-order valence-electron chi connectivity index (χ2n) is 5.86. The van der Waals surface area contributed by atoms with E-state index in [1.54, 1.807) is 0 Å². The summed E-state index contributed by atoms with van der Waals surface area (Å²) >= 11 is 0. The van der Waals surface area contributed by atoms with Crippen molar-refractivity contribution in [3.05, 3.63) is 5.82 Å². The van der Waals surface area contributed by atoms with Crippen LogP contribution < -0.4 is 11.1 Å². The maximum absolute atomic E-state index is 12.1. The molecule has 19 heavy (non-hydrogen) atoms. The molecule has 6 heteroatoms. The highest BCUT2D eigenvalue weighted by atomic mass is 16.2. The van der Waals surface area contributed by atoms with Gasteiger partial charge in [0, 0.05) is 18.9 Å². The SMILES string of the molecule is Nc1n[nH]c(CCNC(=O)[C@@H]2CC23CCCCC3)n1. The van der Waals surface area contributed by atoms with Crippen molar-refractivity contribution in [1.82, 2.24) is 20.5 Å². The molecule has 2 saturated carbocycles. The molecule has 1 aromatic heterocycles. The fourth-order valence-electron chi connectivity index (χ4n) is 3.38. The van der Waals surface area contributed by atoms with Crippen LogP contribution in [-0.2, 0) is 11.2 Å². The van der Waals surface area contributed by atoms with Crippen LogP contribution in [0, 0.1) is 11.3 Å². The predicted molar refractivity (Wildman–Crippen MR) is 71.1 cm³/mol. The number of rotatable bonds is 4. The molecule has 0 unspecified atom stereocenters. The van der Waals surface area contributed by atoms with E-state index in [1.807, 2.05) is 0 Å². The van der Waals surface area contributed by atoms with Gasteiger partial charge in [0.25, 0.3) is 0 Å². The molecule has 0 radical (unpaired) electrons. The summed E-state index contributed by atoms with van der Waals surface area (Å²) in [6, 6.07) is 0. The maximum atomic E-state index is 12.1. The molecule has 3 rings (SSSR count). The zero-order valence-electron chi connectivity index (χ0n) is 11.1. The fraction of sp³-hybridized carbons (Fsp3) is 0.769. The van der Waals surface area contributed by atoms with Crippen LogP contribution in [0.15, 0.2) is 0 Å². The van der Waals surface area contributed by atoms with Crippen LogP contribution in [-0.4, -0.2) is 27.6 Å². The molecule has 104 valence electrons. The summed E-state index contributed by atoms with van der Waals surface area (Å²) in [6.07, 6.45) is 8.14. The van der Waals surface area contributed by atoms with Gasteiger partial charge >= 0.3 is 0 Å². The van der Waals surface area contributed by atoms with Gasteiger partial charge in [0.05, 0.1) is 0 Å². The standard InChI is InChI=1S/C13H21N5O/c14-12-16-10(17-18-12)4-7-15-11(19)9-8-13(9)5-2-1-3-6-13/h9H,1-8H2,(H,15,19)(H3,14,16,17,18)/t9-/m0/s1. The number of aromatic amines is 1. The zero-order chi connectivity index (χ0) is 13.3. The normalized spacial score (nSPS) is 24.3. The van der Waals surface area contributed by atoms with Crippen LogP contribution >= 0.6 is 0 Å². The third-order valence-corrected chi connectivity index (χ3v) is 4.57. The third-order valence-electron chi connectivity index (χ3n) is 4.57. The van der Waals surface area contributed by atoms with E-state index in [4.69, 9.17) is 5.73 Å². The van der Waals surface area contributed by atoms with Gasteiger partial charge in [0.2, 0.25) is 11.9 Å². The largest absolute Gasteiger partial charge is 0.367 e. The first kappa shape index (κ1) is 12.4. The number of nitrogen functional groups attached to an aromatic ring is 1. The Bertz CT molecular complexity index is 463. The van der Waals surface area contributed by atoms with Gasteiger partial charge < -0.3 is 11.1 Å². The van der Waals surface area contributed by atoms with Crippen molar-refractivity contribution in [2.24, 2.45) is 11.3 Å². The van der Waals surface area contributed by atoms with Gasteiger partial charge in [-0.15, -0.1) is 5.10 Å². The topological polar surface area (TPSA) is 96.7 Å². The van der Waals surface area contributed by atoms with Crippen LogP contribution in [0.1, 0.15) is 44.3 Å². The average molecular weight is 263 g/mol. The lowest BCUT2D eigenvalue weighted by Gasteiger charge is -2.22. The second-order valence-corrected chi connectivity index (χ2v) is 5.86. The third kappa shape index (κ3) is 2.57. The predicted octanol–water partition coefficient (Wildman–Crippen LogP) is 1.02.